The van der Waals surface area contributed by atoms with Crippen molar-refractivity contribution in [2.75, 3.05) is 0 Å². The van der Waals surface area contributed by atoms with Crippen molar-refractivity contribution in [1.29, 1.82) is 0 Å². The number of hydrogen-bond donors (Lipinski definition) is 0. The molecule has 1 saturated carbocycles. The normalized spacial score (nSPS) is 21.1. The van der Waals surface area contributed by atoms with E-state index in [4.69, 9.17) is 0 Å². The fraction of sp³-hybridized carbons (Fsp3) is 0.538. The van der Waals surface area contributed by atoms with Gasteiger partial charge in [0.2, 0.25) is 0 Å². The molecule has 0 aromatic heterocycles. The summed E-state index contributed by atoms with van der Waals surface area (Å²) in [4.78, 5) is 0. The Hall–Kier alpha value is -1.77. The highest BCUT2D eigenvalue weighted by molar-refractivity contribution is 5.64. The Balaban J connectivity index is 1.58. The van der Waals surface area contributed by atoms with Gasteiger partial charge in [-0.3, -0.25) is 0 Å². The quantitative estimate of drug-likeness (QED) is 0.387. The Bertz CT molecular complexity index is 735. The van der Waals surface area contributed by atoms with Crippen molar-refractivity contribution in [2.24, 2.45) is 5.92 Å². The van der Waals surface area contributed by atoms with E-state index in [2.05, 4.69) is 31.2 Å². The van der Waals surface area contributed by atoms with Crippen molar-refractivity contribution in [3.8, 4) is 11.1 Å². The molecule has 0 radical (unpaired) electrons. The Labute approximate surface area is 173 Å². The standard InChI is InChI=1S/C26H33F3/c1-3-4-5-6-19-7-9-20(10-8-19)21-11-13-22(14-12-21)23-15-17-24(18-16-23)25(27)26(2,28)29/h11-20,25H,3-10H2,1-2H3. The minimum atomic E-state index is -3.36. The molecular formula is C26H33F3. The molecule has 3 rings (SSSR count). The first-order chi connectivity index (χ1) is 13.9. The Morgan fingerprint density at radius 2 is 1.41 bits per heavy atom. The third kappa shape index (κ3) is 5.87. The van der Waals surface area contributed by atoms with E-state index in [0.29, 0.717) is 12.8 Å². The molecule has 0 amide bonds. The molecule has 1 unspecified atom stereocenters. The van der Waals surface area contributed by atoms with Crippen molar-refractivity contribution >= 4 is 0 Å². The third-order valence-corrected chi connectivity index (χ3v) is 6.43. The topological polar surface area (TPSA) is 0 Å². The molecule has 2 aromatic rings. The van der Waals surface area contributed by atoms with E-state index in [1.165, 1.54) is 69.1 Å². The summed E-state index contributed by atoms with van der Waals surface area (Å²) in [6.07, 6.45) is 8.36. The number of unbranched alkanes of at least 4 members (excludes halogenated alkanes) is 2. The van der Waals surface area contributed by atoms with Gasteiger partial charge in [-0.05, 0) is 59.8 Å². The van der Waals surface area contributed by atoms with Gasteiger partial charge in [0, 0.05) is 6.92 Å². The molecule has 0 heterocycles. The molecule has 1 aliphatic carbocycles. The Kier molecular flexibility index (Phi) is 7.43. The summed E-state index contributed by atoms with van der Waals surface area (Å²) < 4.78 is 40.1. The predicted molar refractivity (Wildman–Crippen MR) is 115 cm³/mol. The predicted octanol–water partition coefficient (Wildman–Crippen LogP) is 8.87. The molecule has 0 saturated heterocycles. The fourth-order valence-electron chi connectivity index (χ4n) is 4.55. The monoisotopic (exact) mass is 402 g/mol. The van der Waals surface area contributed by atoms with Crippen molar-refractivity contribution in [1.82, 2.24) is 0 Å². The van der Waals surface area contributed by atoms with Crippen LogP contribution in [0, 0.1) is 5.92 Å². The average Bonchev–Trinajstić information content (AvgIpc) is 2.73. The smallest absolute Gasteiger partial charge is 0.236 e. The average molecular weight is 403 g/mol. The van der Waals surface area contributed by atoms with Crippen LogP contribution in [0.15, 0.2) is 48.5 Å². The van der Waals surface area contributed by atoms with Gasteiger partial charge in [0.05, 0.1) is 0 Å². The summed E-state index contributed by atoms with van der Waals surface area (Å²) in [5.74, 6) is -1.81. The second-order valence-corrected chi connectivity index (χ2v) is 8.78. The number of alkyl halides is 3. The van der Waals surface area contributed by atoms with Crippen LogP contribution in [0.2, 0.25) is 0 Å². The van der Waals surface area contributed by atoms with Gasteiger partial charge in [-0.1, -0.05) is 81.1 Å². The number of halogens is 3. The molecule has 1 atom stereocenters. The van der Waals surface area contributed by atoms with Gasteiger partial charge < -0.3 is 0 Å². The van der Waals surface area contributed by atoms with E-state index in [-0.39, 0.29) is 5.56 Å². The van der Waals surface area contributed by atoms with Crippen LogP contribution in [0.3, 0.4) is 0 Å². The zero-order valence-corrected chi connectivity index (χ0v) is 17.6. The molecule has 1 aliphatic rings. The van der Waals surface area contributed by atoms with Gasteiger partial charge in [-0.25, -0.2) is 13.2 Å². The summed E-state index contributed by atoms with van der Waals surface area (Å²) in [7, 11) is 0. The highest BCUT2D eigenvalue weighted by Crippen LogP contribution is 2.39. The highest BCUT2D eigenvalue weighted by Gasteiger charge is 2.35. The second kappa shape index (κ2) is 9.82. The van der Waals surface area contributed by atoms with E-state index >= 15 is 0 Å². The molecule has 0 spiro atoms. The van der Waals surface area contributed by atoms with Crippen molar-refractivity contribution in [2.45, 2.75) is 83.2 Å². The van der Waals surface area contributed by atoms with Crippen LogP contribution in [0.4, 0.5) is 13.2 Å². The number of rotatable bonds is 8. The molecule has 0 aliphatic heterocycles. The van der Waals surface area contributed by atoms with Crippen molar-refractivity contribution < 1.29 is 13.2 Å². The SMILES string of the molecule is CCCCCC1CCC(c2ccc(-c3ccc(C(F)C(C)(F)F)cc3)cc2)CC1. The van der Waals surface area contributed by atoms with E-state index in [1.807, 2.05) is 0 Å². The molecule has 158 valence electrons. The molecular weight excluding hydrogens is 369 g/mol. The first-order valence-electron chi connectivity index (χ1n) is 11.1. The molecule has 3 heteroatoms. The maximum atomic E-state index is 13.8. The van der Waals surface area contributed by atoms with Crippen LogP contribution >= 0.6 is 0 Å². The Morgan fingerprint density at radius 3 is 1.93 bits per heavy atom. The van der Waals surface area contributed by atoms with E-state index < -0.39 is 12.1 Å². The lowest BCUT2D eigenvalue weighted by molar-refractivity contribution is -0.0566. The molecule has 1 fully saturated rings. The lowest BCUT2D eigenvalue weighted by atomic mass is 9.77. The largest absolute Gasteiger partial charge is 0.280 e. The third-order valence-electron chi connectivity index (χ3n) is 6.43. The van der Waals surface area contributed by atoms with Gasteiger partial charge >= 0.3 is 0 Å². The van der Waals surface area contributed by atoms with Crippen LogP contribution < -0.4 is 0 Å². The summed E-state index contributed by atoms with van der Waals surface area (Å²) in [5, 5.41) is 0. The first-order valence-corrected chi connectivity index (χ1v) is 11.1. The van der Waals surface area contributed by atoms with Gasteiger partial charge in [0.15, 0.2) is 6.17 Å². The van der Waals surface area contributed by atoms with E-state index in [1.54, 1.807) is 12.1 Å². The van der Waals surface area contributed by atoms with E-state index in [0.717, 1.165) is 17.0 Å². The van der Waals surface area contributed by atoms with Crippen molar-refractivity contribution in [3.05, 3.63) is 59.7 Å². The summed E-state index contributed by atoms with van der Waals surface area (Å²) in [6, 6.07) is 15.0. The maximum absolute atomic E-state index is 13.8. The molecule has 0 nitrogen and oxygen atoms in total. The van der Waals surface area contributed by atoms with Crippen molar-refractivity contribution in [3.63, 3.8) is 0 Å². The fourth-order valence-corrected chi connectivity index (χ4v) is 4.55. The number of benzene rings is 2. The number of hydrogen-bond acceptors (Lipinski definition) is 0. The highest BCUT2D eigenvalue weighted by atomic mass is 19.3. The lowest BCUT2D eigenvalue weighted by Crippen LogP contribution is -2.18. The van der Waals surface area contributed by atoms with Gasteiger partial charge in [0.25, 0.3) is 5.92 Å². The summed E-state index contributed by atoms with van der Waals surface area (Å²) >= 11 is 0. The minimum absolute atomic E-state index is 0.0218. The van der Waals surface area contributed by atoms with Gasteiger partial charge in [-0.15, -0.1) is 0 Å². The molecule has 0 bridgehead atoms. The summed E-state index contributed by atoms with van der Waals surface area (Å²) in [6.45, 7) is 2.87. The first kappa shape index (κ1) is 21.9. The molecule has 2 aromatic carbocycles. The van der Waals surface area contributed by atoms with Crippen LogP contribution in [0.1, 0.15) is 88.4 Å². The zero-order valence-electron chi connectivity index (χ0n) is 17.6. The van der Waals surface area contributed by atoms with Crippen LogP contribution in [0.25, 0.3) is 11.1 Å². The Morgan fingerprint density at radius 1 is 0.862 bits per heavy atom. The molecule has 0 N–H and O–H groups in total. The zero-order chi connectivity index (χ0) is 20.9. The summed E-state index contributed by atoms with van der Waals surface area (Å²) in [5.41, 5.74) is 3.37. The van der Waals surface area contributed by atoms with E-state index in [9.17, 15) is 13.2 Å². The van der Waals surface area contributed by atoms with Crippen LogP contribution in [-0.2, 0) is 0 Å². The maximum Gasteiger partial charge on any atom is 0.280 e. The van der Waals surface area contributed by atoms with Crippen LogP contribution in [0.5, 0.6) is 0 Å². The minimum Gasteiger partial charge on any atom is -0.236 e. The van der Waals surface area contributed by atoms with Crippen LogP contribution in [-0.4, -0.2) is 5.92 Å². The van der Waals surface area contributed by atoms with Gasteiger partial charge in [0.1, 0.15) is 0 Å². The second-order valence-electron chi connectivity index (χ2n) is 8.78. The molecule has 29 heavy (non-hydrogen) atoms. The lowest BCUT2D eigenvalue weighted by Gasteiger charge is -2.29. The van der Waals surface area contributed by atoms with Gasteiger partial charge in [-0.2, -0.15) is 0 Å².